The maximum atomic E-state index is 12.7. The van der Waals surface area contributed by atoms with Gasteiger partial charge in [0, 0.05) is 12.8 Å². The first-order chi connectivity index (χ1) is 28.5. The maximum absolute atomic E-state index is 12.7. The van der Waals surface area contributed by atoms with Gasteiger partial charge < -0.3 is 18.9 Å². The summed E-state index contributed by atoms with van der Waals surface area (Å²) in [6.45, 7) is 4.21. The lowest BCUT2D eigenvalue weighted by Crippen LogP contribution is -2.37. The van der Waals surface area contributed by atoms with Crippen LogP contribution in [0.5, 0.6) is 0 Å². The first-order valence-electron chi connectivity index (χ1n) is 23.2. The van der Waals surface area contributed by atoms with Gasteiger partial charge in [-0.15, -0.1) is 0 Å². The van der Waals surface area contributed by atoms with E-state index in [-0.39, 0.29) is 32.0 Å². The Labute approximate surface area is 361 Å². The van der Waals surface area contributed by atoms with Crippen molar-refractivity contribution in [3.63, 3.8) is 0 Å². The van der Waals surface area contributed by atoms with E-state index >= 15 is 0 Å². The number of carbonyl (C=O) groups is 2. The normalized spacial score (nSPS) is 14.2. The van der Waals surface area contributed by atoms with Crippen molar-refractivity contribution < 1.29 is 42.1 Å². The molecular formula is C49H87NO8P+. The number of carbonyl (C=O) groups excluding carboxylic acids is 2. The summed E-state index contributed by atoms with van der Waals surface area (Å²) in [5, 5.41) is 0. The third kappa shape index (κ3) is 44.8. The lowest BCUT2D eigenvalue weighted by atomic mass is 10.1. The molecule has 0 saturated heterocycles. The zero-order valence-corrected chi connectivity index (χ0v) is 39.1. The van der Waals surface area contributed by atoms with Crippen LogP contribution in [-0.4, -0.2) is 74.9 Å². The Bertz CT molecular complexity index is 1230. The molecule has 0 aliphatic carbocycles. The Morgan fingerprint density at radius 1 is 0.542 bits per heavy atom. The Hall–Kier alpha value is -2.55. The summed E-state index contributed by atoms with van der Waals surface area (Å²) >= 11 is 0. The molecular weight excluding hydrogens is 762 g/mol. The number of ether oxygens (including phenoxy) is 2. The highest BCUT2D eigenvalue weighted by Crippen LogP contribution is 2.43. The number of unbranched alkanes of at least 4 members (excludes halogenated alkanes) is 15. The van der Waals surface area contributed by atoms with Crippen LogP contribution in [0.4, 0.5) is 0 Å². The average molecular weight is 849 g/mol. The molecule has 0 aromatic rings. The van der Waals surface area contributed by atoms with Crippen molar-refractivity contribution in [2.24, 2.45) is 0 Å². The molecule has 0 aromatic heterocycles. The molecule has 10 heteroatoms. The number of hydrogen-bond donors (Lipinski definition) is 1. The van der Waals surface area contributed by atoms with Gasteiger partial charge in [-0.1, -0.05) is 157 Å². The minimum atomic E-state index is -4.38. The van der Waals surface area contributed by atoms with E-state index < -0.39 is 26.5 Å². The van der Waals surface area contributed by atoms with Crippen LogP contribution >= 0.6 is 7.82 Å². The quantitative estimate of drug-likeness (QED) is 0.0213. The summed E-state index contributed by atoms with van der Waals surface area (Å²) in [5.74, 6) is -0.823. The van der Waals surface area contributed by atoms with Gasteiger partial charge in [0.05, 0.1) is 27.7 Å². The predicted octanol–water partition coefficient (Wildman–Crippen LogP) is 13.4. The summed E-state index contributed by atoms with van der Waals surface area (Å²) in [6.07, 6.45) is 51.0. The van der Waals surface area contributed by atoms with Crippen molar-refractivity contribution >= 4 is 19.8 Å². The standard InChI is InChI=1S/C49H86NO8P/c1-6-8-10-12-14-16-18-19-20-21-22-23-24-25-26-27-28-29-30-31-32-34-36-38-40-42-49(52)58-47(46-57-59(53,54)56-44-43-50(3,4)5)45-55-48(51)41-39-37-35-33-17-15-13-11-9-7-2/h8,10-11,13-14,16,19-20,22-23,25-26,47H,6-7,9,12,15,17-18,21,24,27-46H2,1-5H3/p+1/b10-8-,13-11-,16-14-,20-19-,23-22-,26-25-. The van der Waals surface area contributed by atoms with Crippen LogP contribution < -0.4 is 0 Å². The van der Waals surface area contributed by atoms with Crippen molar-refractivity contribution in [1.29, 1.82) is 0 Å². The number of rotatable bonds is 41. The molecule has 0 fully saturated rings. The zero-order valence-electron chi connectivity index (χ0n) is 38.2. The average Bonchev–Trinajstić information content (AvgIpc) is 3.19. The molecule has 59 heavy (non-hydrogen) atoms. The van der Waals surface area contributed by atoms with E-state index in [9.17, 15) is 19.0 Å². The topological polar surface area (TPSA) is 108 Å². The van der Waals surface area contributed by atoms with Crippen molar-refractivity contribution in [1.82, 2.24) is 0 Å². The highest BCUT2D eigenvalue weighted by molar-refractivity contribution is 7.47. The second-order valence-corrected chi connectivity index (χ2v) is 17.9. The molecule has 2 atom stereocenters. The number of hydrogen-bond acceptors (Lipinski definition) is 7. The summed E-state index contributed by atoms with van der Waals surface area (Å²) in [7, 11) is 1.46. The fraction of sp³-hybridized carbons (Fsp3) is 0.714. The molecule has 0 saturated carbocycles. The maximum Gasteiger partial charge on any atom is 0.472 e. The summed E-state index contributed by atoms with van der Waals surface area (Å²) in [5.41, 5.74) is 0. The summed E-state index contributed by atoms with van der Waals surface area (Å²) in [4.78, 5) is 35.3. The molecule has 0 aromatic carbocycles. The Morgan fingerprint density at radius 3 is 1.46 bits per heavy atom. The van der Waals surface area contributed by atoms with E-state index in [1.807, 2.05) is 21.1 Å². The van der Waals surface area contributed by atoms with E-state index in [4.69, 9.17) is 18.5 Å². The molecule has 0 amide bonds. The Kier molecular flexibility index (Phi) is 39.1. The van der Waals surface area contributed by atoms with Crippen LogP contribution in [0.3, 0.4) is 0 Å². The first kappa shape index (κ1) is 56.5. The molecule has 0 bridgehead atoms. The van der Waals surface area contributed by atoms with Crippen molar-refractivity contribution in [2.75, 3.05) is 47.5 Å². The van der Waals surface area contributed by atoms with Crippen LogP contribution in [0.25, 0.3) is 0 Å². The number of nitrogens with zero attached hydrogens (tertiary/aromatic N) is 1. The van der Waals surface area contributed by atoms with Gasteiger partial charge in [-0.3, -0.25) is 18.6 Å². The molecule has 0 aliphatic heterocycles. The van der Waals surface area contributed by atoms with Gasteiger partial charge in [0.2, 0.25) is 0 Å². The fourth-order valence-electron chi connectivity index (χ4n) is 5.87. The second-order valence-electron chi connectivity index (χ2n) is 16.4. The number of likely N-dealkylation sites (N-methyl/N-ethyl adjacent to an activating group) is 1. The van der Waals surface area contributed by atoms with Crippen LogP contribution in [0.2, 0.25) is 0 Å². The molecule has 0 rings (SSSR count). The highest BCUT2D eigenvalue weighted by Gasteiger charge is 2.27. The minimum Gasteiger partial charge on any atom is -0.462 e. The lowest BCUT2D eigenvalue weighted by Gasteiger charge is -2.24. The molecule has 0 radical (unpaired) electrons. The van der Waals surface area contributed by atoms with Gasteiger partial charge in [0.1, 0.15) is 19.8 Å². The van der Waals surface area contributed by atoms with Gasteiger partial charge in [-0.25, -0.2) is 4.57 Å². The van der Waals surface area contributed by atoms with Gasteiger partial charge in [-0.2, -0.15) is 0 Å². The summed E-state index contributed by atoms with van der Waals surface area (Å²) < 4.78 is 34.3. The Morgan fingerprint density at radius 2 is 0.966 bits per heavy atom. The summed E-state index contributed by atoms with van der Waals surface area (Å²) in [6, 6.07) is 0. The van der Waals surface area contributed by atoms with E-state index in [0.29, 0.717) is 17.4 Å². The highest BCUT2D eigenvalue weighted by atomic mass is 31.2. The van der Waals surface area contributed by atoms with Crippen LogP contribution in [-0.2, 0) is 32.7 Å². The van der Waals surface area contributed by atoms with Crippen LogP contribution in [0, 0.1) is 0 Å². The van der Waals surface area contributed by atoms with Gasteiger partial charge in [0.25, 0.3) is 0 Å². The van der Waals surface area contributed by atoms with E-state index in [1.54, 1.807) is 0 Å². The third-order valence-electron chi connectivity index (χ3n) is 9.45. The molecule has 2 unspecified atom stereocenters. The minimum absolute atomic E-state index is 0.0259. The van der Waals surface area contributed by atoms with Crippen molar-refractivity contribution in [3.8, 4) is 0 Å². The molecule has 0 heterocycles. The number of phosphoric ester groups is 1. The fourth-order valence-corrected chi connectivity index (χ4v) is 6.61. The lowest BCUT2D eigenvalue weighted by molar-refractivity contribution is -0.870. The molecule has 340 valence electrons. The van der Waals surface area contributed by atoms with Gasteiger partial charge >= 0.3 is 19.8 Å². The molecule has 9 nitrogen and oxygen atoms in total. The largest absolute Gasteiger partial charge is 0.472 e. The zero-order chi connectivity index (χ0) is 43.6. The van der Waals surface area contributed by atoms with E-state index in [0.717, 1.165) is 103 Å². The van der Waals surface area contributed by atoms with Gasteiger partial charge in [0.15, 0.2) is 6.10 Å². The number of esters is 2. The Balaban J connectivity index is 4.24. The number of phosphoric acid groups is 1. The molecule has 1 N–H and O–H groups in total. The van der Waals surface area contributed by atoms with Crippen LogP contribution in [0.15, 0.2) is 72.9 Å². The van der Waals surface area contributed by atoms with Crippen molar-refractivity contribution in [2.45, 2.75) is 180 Å². The number of quaternary nitrogens is 1. The van der Waals surface area contributed by atoms with E-state index in [1.165, 1.54) is 38.5 Å². The molecule has 0 aliphatic rings. The molecule has 0 spiro atoms. The smallest absolute Gasteiger partial charge is 0.462 e. The first-order valence-corrected chi connectivity index (χ1v) is 24.7. The van der Waals surface area contributed by atoms with Gasteiger partial charge in [-0.05, 0) is 77.0 Å². The SMILES string of the molecule is CC/C=C\C/C=C\C/C=C\C/C=C\C/C=C\CCCCCCCCCCCC(=O)OC(COC(=O)CCCCCCC/C=C\CCC)COP(=O)(O)OCC[N+](C)(C)C. The monoisotopic (exact) mass is 849 g/mol. The van der Waals surface area contributed by atoms with Crippen LogP contribution in [0.1, 0.15) is 174 Å². The van der Waals surface area contributed by atoms with E-state index in [2.05, 4.69) is 86.8 Å². The predicted molar refractivity (Wildman–Crippen MR) is 247 cm³/mol. The second kappa shape index (κ2) is 40.8. The third-order valence-corrected chi connectivity index (χ3v) is 10.4. The van der Waals surface area contributed by atoms with Crippen molar-refractivity contribution in [3.05, 3.63) is 72.9 Å². The number of allylic oxidation sites excluding steroid dienone is 12.